The summed E-state index contributed by atoms with van der Waals surface area (Å²) in [6.45, 7) is 3.84. The highest BCUT2D eigenvalue weighted by molar-refractivity contribution is 5.90. The van der Waals surface area contributed by atoms with E-state index in [1.54, 1.807) is 0 Å². The molecule has 0 spiro atoms. The number of nitrogens with one attached hydrogen (secondary N) is 2. The summed E-state index contributed by atoms with van der Waals surface area (Å²) in [7, 11) is 4.16. The molecule has 1 aliphatic heterocycles. The molecule has 1 aromatic rings. The van der Waals surface area contributed by atoms with Gasteiger partial charge in [-0.05, 0) is 43.4 Å². The van der Waals surface area contributed by atoms with Crippen molar-refractivity contribution < 1.29 is 42.3 Å². The molecule has 11 heteroatoms. The van der Waals surface area contributed by atoms with Gasteiger partial charge in [-0.2, -0.15) is 13.2 Å². The van der Waals surface area contributed by atoms with Gasteiger partial charge in [0.05, 0.1) is 27.1 Å². The van der Waals surface area contributed by atoms with Crippen molar-refractivity contribution in [3.05, 3.63) is 29.8 Å². The second-order valence-corrected chi connectivity index (χ2v) is 10.4. The van der Waals surface area contributed by atoms with E-state index in [2.05, 4.69) is 43.8 Å². The fraction of sp³-hybridized carbons (Fsp3) is 0.654. The third-order valence-electron chi connectivity index (χ3n) is 6.28. The van der Waals surface area contributed by atoms with Crippen LogP contribution in [0.1, 0.15) is 70.3 Å². The van der Waals surface area contributed by atoms with Gasteiger partial charge in [0, 0.05) is 5.69 Å². The van der Waals surface area contributed by atoms with Crippen molar-refractivity contribution >= 4 is 23.7 Å². The van der Waals surface area contributed by atoms with E-state index < -0.39 is 23.7 Å². The monoisotopic (exact) mass is 531 g/mol. The molecule has 2 rings (SSSR count). The van der Waals surface area contributed by atoms with Crippen molar-refractivity contribution in [2.24, 2.45) is 0 Å². The Morgan fingerprint density at radius 3 is 2.14 bits per heavy atom. The molecule has 1 heterocycles. The number of aryl methyl sites for hydroxylation is 1. The summed E-state index contributed by atoms with van der Waals surface area (Å²) in [5, 5.41) is 24.0. The van der Waals surface area contributed by atoms with Gasteiger partial charge >= 0.3 is 18.2 Å². The Labute approximate surface area is 216 Å². The number of amides is 2. The van der Waals surface area contributed by atoms with Crippen LogP contribution < -0.4 is 15.7 Å². The average molecular weight is 532 g/mol. The second-order valence-electron chi connectivity index (χ2n) is 10.4. The first-order valence-corrected chi connectivity index (χ1v) is 12.7. The molecule has 8 nitrogen and oxygen atoms in total. The Morgan fingerprint density at radius 2 is 1.62 bits per heavy atom. The van der Waals surface area contributed by atoms with Gasteiger partial charge in [0.2, 0.25) is 0 Å². The second kappa shape index (κ2) is 14.8. The summed E-state index contributed by atoms with van der Waals surface area (Å²) in [5.41, 5.74) is 1.30. The van der Waals surface area contributed by atoms with Crippen LogP contribution >= 0.6 is 0 Å². The lowest BCUT2D eigenvalue weighted by atomic mass is 9.85. The molecule has 210 valence electrons. The summed E-state index contributed by atoms with van der Waals surface area (Å²) < 4.78 is 32.3. The Morgan fingerprint density at radius 1 is 1.05 bits per heavy atom. The molecule has 1 fully saturated rings. The van der Waals surface area contributed by atoms with Crippen molar-refractivity contribution in [3.8, 4) is 0 Å². The molecule has 0 saturated carbocycles. The number of aliphatic carboxylic acids is 2. The first kappa shape index (κ1) is 32.2. The molecule has 1 atom stereocenters. The maximum Gasteiger partial charge on any atom is 0.430 e. The summed E-state index contributed by atoms with van der Waals surface area (Å²) in [6.07, 6.45) is 5.09. The van der Waals surface area contributed by atoms with Gasteiger partial charge in [-0.25, -0.2) is 4.79 Å². The number of nitrogens with zero attached hydrogens (tertiary/aromatic N) is 1. The van der Waals surface area contributed by atoms with Crippen molar-refractivity contribution in [3.63, 3.8) is 0 Å². The molecule has 1 aromatic carbocycles. The number of alkyl halides is 3. The standard InChI is InChI=1S/C24H39N3O3.C2HF3O2/c1-4-5-6-7-8-9-11-20-12-14-21(15-13-20)25-23(30)26-24(18-22(28)29)16-10-17-27(2,3)19-24;3-2(4,5)1(6)7/h12-15H,4-11,16-19H2,1-3H3,(H2-,25,26,28,29,30);(H,6,7). The lowest BCUT2D eigenvalue weighted by Crippen LogP contribution is -2.64. The van der Waals surface area contributed by atoms with Crippen molar-refractivity contribution in [1.82, 2.24) is 5.32 Å². The molecule has 1 saturated heterocycles. The lowest BCUT2D eigenvalue weighted by molar-refractivity contribution is -0.899. The fourth-order valence-electron chi connectivity index (χ4n) is 4.67. The molecule has 3 N–H and O–H groups in total. The van der Waals surface area contributed by atoms with Gasteiger partial charge in [0.1, 0.15) is 18.1 Å². The average Bonchev–Trinajstić information content (AvgIpc) is 2.75. The van der Waals surface area contributed by atoms with Gasteiger partial charge < -0.3 is 30.1 Å². The minimum absolute atomic E-state index is 0.0563. The number of benzene rings is 1. The molecule has 1 unspecified atom stereocenters. The van der Waals surface area contributed by atoms with E-state index in [1.807, 2.05) is 12.1 Å². The number of carbonyl (C=O) groups excluding carboxylic acids is 2. The van der Waals surface area contributed by atoms with Gasteiger partial charge in [0.25, 0.3) is 0 Å². The van der Waals surface area contributed by atoms with Gasteiger partial charge in [-0.3, -0.25) is 4.79 Å². The smallest absolute Gasteiger partial charge is 0.430 e. The van der Waals surface area contributed by atoms with Crippen LogP contribution in [-0.4, -0.2) is 66.5 Å². The molecule has 37 heavy (non-hydrogen) atoms. The number of likely N-dealkylation sites (tertiary alicyclic amines) is 1. The van der Waals surface area contributed by atoms with E-state index >= 15 is 0 Å². The van der Waals surface area contributed by atoms with Gasteiger partial charge in [-0.15, -0.1) is 0 Å². The minimum atomic E-state index is -5.19. The Balaban J connectivity index is 0.000000856. The van der Waals surface area contributed by atoms with Crippen LogP contribution in [0.2, 0.25) is 0 Å². The van der Waals surface area contributed by atoms with Crippen molar-refractivity contribution in [2.75, 3.05) is 32.5 Å². The highest BCUT2D eigenvalue weighted by Gasteiger charge is 2.43. The number of piperidine rings is 1. The van der Waals surface area contributed by atoms with E-state index in [0.717, 1.165) is 25.1 Å². The predicted molar refractivity (Wildman–Crippen MR) is 133 cm³/mol. The maximum absolute atomic E-state index is 12.6. The van der Waals surface area contributed by atoms with E-state index in [4.69, 9.17) is 9.90 Å². The number of unbranched alkanes of at least 4 members (excludes halogenated alkanes) is 5. The highest BCUT2D eigenvalue weighted by Crippen LogP contribution is 2.28. The minimum Gasteiger partial charge on any atom is -0.542 e. The van der Waals surface area contributed by atoms with Gasteiger partial charge in [0.15, 0.2) is 0 Å². The predicted octanol–water partition coefficient (Wildman–Crippen LogP) is 4.09. The van der Waals surface area contributed by atoms with Crippen LogP contribution in [0, 0.1) is 0 Å². The Kier molecular flexibility index (Phi) is 12.9. The third kappa shape index (κ3) is 13.3. The van der Waals surface area contributed by atoms with Crippen LogP contribution in [0.15, 0.2) is 24.3 Å². The van der Waals surface area contributed by atoms with Crippen molar-refractivity contribution in [2.45, 2.75) is 82.8 Å². The summed E-state index contributed by atoms with van der Waals surface area (Å²) >= 11 is 0. The SMILES string of the molecule is CCCCCCCCc1ccc(NC(=O)NC2(CC(=O)O)CCC[N+](C)(C)C2)cc1.O=C([O-])C(F)(F)F. The summed E-state index contributed by atoms with van der Waals surface area (Å²) in [5.74, 6) is -3.89. The van der Waals surface area contributed by atoms with Gasteiger partial charge in [-0.1, -0.05) is 51.2 Å². The van der Waals surface area contributed by atoms with E-state index in [0.29, 0.717) is 17.4 Å². The third-order valence-corrected chi connectivity index (χ3v) is 6.28. The number of carbonyl (C=O) groups is 3. The highest BCUT2D eigenvalue weighted by atomic mass is 19.4. The fourth-order valence-corrected chi connectivity index (χ4v) is 4.67. The van der Waals surface area contributed by atoms with E-state index in [9.17, 15) is 27.9 Å². The number of carboxylic acids is 2. The quantitative estimate of drug-likeness (QED) is 0.294. The topological polar surface area (TPSA) is 119 Å². The zero-order valence-corrected chi connectivity index (χ0v) is 22.0. The molecular formula is C26H40F3N3O5. The number of hydrogen-bond acceptors (Lipinski definition) is 4. The number of halogens is 3. The number of rotatable bonds is 11. The first-order chi connectivity index (χ1) is 17.2. The number of urea groups is 1. The molecule has 0 aliphatic carbocycles. The largest absolute Gasteiger partial charge is 0.542 e. The number of carboxylic acid groups (broad SMARTS) is 2. The van der Waals surface area contributed by atoms with E-state index in [1.165, 1.54) is 44.1 Å². The summed E-state index contributed by atoms with van der Waals surface area (Å²) in [4.78, 5) is 32.9. The molecular weight excluding hydrogens is 491 g/mol. The number of quaternary nitrogens is 1. The van der Waals surface area contributed by atoms with Crippen LogP contribution in [0.3, 0.4) is 0 Å². The molecule has 1 aliphatic rings. The van der Waals surface area contributed by atoms with Crippen LogP contribution in [0.4, 0.5) is 23.7 Å². The Bertz CT molecular complexity index is 875. The number of anilines is 1. The zero-order chi connectivity index (χ0) is 28.1. The van der Waals surface area contributed by atoms with E-state index in [-0.39, 0.29) is 12.5 Å². The number of hydrogen-bond donors (Lipinski definition) is 3. The normalized spacial score (nSPS) is 18.8. The van der Waals surface area contributed by atoms with Crippen LogP contribution in [0.25, 0.3) is 0 Å². The van der Waals surface area contributed by atoms with Crippen LogP contribution in [-0.2, 0) is 16.0 Å². The van der Waals surface area contributed by atoms with Crippen molar-refractivity contribution in [1.29, 1.82) is 0 Å². The molecule has 2 amide bonds. The zero-order valence-electron chi connectivity index (χ0n) is 22.0. The lowest BCUT2D eigenvalue weighted by Gasteiger charge is -2.45. The molecule has 0 bridgehead atoms. The Hall–Kier alpha value is -2.82. The summed E-state index contributed by atoms with van der Waals surface area (Å²) in [6, 6.07) is 7.65. The number of likely N-dealkylation sites (N-methyl/N-ethyl adjacent to an activating group) is 1. The molecule has 0 radical (unpaired) electrons. The first-order valence-electron chi connectivity index (χ1n) is 12.7. The maximum atomic E-state index is 12.6. The van der Waals surface area contributed by atoms with Crippen LogP contribution in [0.5, 0.6) is 0 Å². The molecule has 0 aromatic heterocycles.